The Morgan fingerprint density at radius 1 is 1.38 bits per heavy atom. The Morgan fingerprint density at radius 2 is 2.05 bits per heavy atom. The van der Waals surface area contributed by atoms with Crippen molar-refractivity contribution in [2.24, 2.45) is 0 Å². The van der Waals surface area contributed by atoms with Crippen molar-refractivity contribution in [2.45, 2.75) is 26.8 Å². The third kappa shape index (κ3) is 4.66. The molecule has 0 aliphatic rings. The maximum absolute atomic E-state index is 12.4. The van der Waals surface area contributed by atoms with E-state index in [4.69, 9.17) is 4.74 Å². The number of rotatable bonds is 6. The van der Waals surface area contributed by atoms with E-state index in [0.717, 1.165) is 0 Å². The van der Waals surface area contributed by atoms with Gasteiger partial charge in [-0.3, -0.25) is 9.59 Å². The summed E-state index contributed by atoms with van der Waals surface area (Å²) in [7, 11) is 1.48. The van der Waals surface area contributed by atoms with Gasteiger partial charge in [0.25, 0.3) is 5.91 Å². The van der Waals surface area contributed by atoms with Gasteiger partial charge >= 0.3 is 0 Å². The zero-order valence-electron chi connectivity index (χ0n) is 12.8. The van der Waals surface area contributed by atoms with Gasteiger partial charge in [0, 0.05) is 12.6 Å². The summed E-state index contributed by atoms with van der Waals surface area (Å²) in [4.78, 5) is 25.6. The van der Waals surface area contributed by atoms with E-state index in [1.54, 1.807) is 13.0 Å². The van der Waals surface area contributed by atoms with Crippen LogP contribution < -0.4 is 10.1 Å². The van der Waals surface area contributed by atoms with E-state index in [1.165, 1.54) is 24.1 Å². The van der Waals surface area contributed by atoms with Gasteiger partial charge in [-0.1, -0.05) is 0 Å². The molecule has 0 aromatic heterocycles. The summed E-state index contributed by atoms with van der Waals surface area (Å²) >= 11 is 0. The van der Waals surface area contributed by atoms with Crippen LogP contribution in [0.3, 0.4) is 0 Å². The Morgan fingerprint density at radius 3 is 2.57 bits per heavy atom. The Bertz CT molecular complexity index is 514. The Labute approximate surface area is 124 Å². The van der Waals surface area contributed by atoms with Gasteiger partial charge < -0.3 is 20.1 Å². The largest absolute Gasteiger partial charge is 0.507 e. The van der Waals surface area contributed by atoms with Crippen molar-refractivity contribution < 1.29 is 19.4 Å². The molecule has 6 nitrogen and oxygen atoms in total. The van der Waals surface area contributed by atoms with Gasteiger partial charge in [0.05, 0.1) is 19.2 Å². The van der Waals surface area contributed by atoms with Gasteiger partial charge in [0.2, 0.25) is 5.91 Å². The topological polar surface area (TPSA) is 78.9 Å². The van der Waals surface area contributed by atoms with E-state index in [2.05, 4.69) is 5.32 Å². The molecule has 0 bridgehead atoms. The van der Waals surface area contributed by atoms with Crippen LogP contribution in [-0.2, 0) is 4.79 Å². The Hall–Kier alpha value is -2.24. The minimum Gasteiger partial charge on any atom is -0.507 e. The molecule has 0 saturated heterocycles. The number of amides is 2. The maximum atomic E-state index is 12.4. The summed E-state index contributed by atoms with van der Waals surface area (Å²) in [6.45, 7) is 5.79. The predicted molar refractivity (Wildman–Crippen MR) is 79.5 cm³/mol. The van der Waals surface area contributed by atoms with Crippen molar-refractivity contribution in [1.82, 2.24) is 10.2 Å². The lowest BCUT2D eigenvalue weighted by molar-refractivity contribution is -0.122. The van der Waals surface area contributed by atoms with Crippen LogP contribution >= 0.6 is 0 Å². The lowest BCUT2D eigenvalue weighted by Crippen LogP contribution is -2.42. The molecule has 0 aliphatic heterocycles. The first-order valence-corrected chi connectivity index (χ1v) is 6.84. The monoisotopic (exact) mass is 294 g/mol. The van der Waals surface area contributed by atoms with Crippen molar-refractivity contribution in [2.75, 3.05) is 20.2 Å². The molecule has 21 heavy (non-hydrogen) atoms. The number of benzene rings is 1. The molecular weight excluding hydrogens is 272 g/mol. The van der Waals surface area contributed by atoms with Crippen molar-refractivity contribution in [3.63, 3.8) is 0 Å². The molecule has 0 heterocycles. The van der Waals surface area contributed by atoms with Crippen molar-refractivity contribution in [1.29, 1.82) is 0 Å². The van der Waals surface area contributed by atoms with Gasteiger partial charge in [-0.05, 0) is 39.0 Å². The van der Waals surface area contributed by atoms with Crippen LogP contribution in [0.4, 0.5) is 0 Å². The first-order chi connectivity index (χ1) is 9.88. The molecule has 0 radical (unpaired) electrons. The van der Waals surface area contributed by atoms with Gasteiger partial charge in [-0.2, -0.15) is 0 Å². The second-order valence-electron chi connectivity index (χ2n) is 4.92. The van der Waals surface area contributed by atoms with Gasteiger partial charge in [-0.25, -0.2) is 0 Å². The zero-order valence-corrected chi connectivity index (χ0v) is 12.8. The second-order valence-corrected chi connectivity index (χ2v) is 4.92. The number of hydrogen-bond donors (Lipinski definition) is 2. The maximum Gasteiger partial charge on any atom is 0.258 e. The highest BCUT2D eigenvalue weighted by Crippen LogP contribution is 2.24. The number of nitrogens with zero attached hydrogens (tertiary/aromatic N) is 1. The predicted octanol–water partition coefficient (Wildman–Crippen LogP) is 1.39. The van der Waals surface area contributed by atoms with Crippen LogP contribution in [0.5, 0.6) is 11.5 Å². The summed E-state index contributed by atoms with van der Waals surface area (Å²) in [5.74, 6) is -0.308. The van der Waals surface area contributed by atoms with Crippen molar-refractivity contribution in [3.05, 3.63) is 23.8 Å². The number of likely N-dealkylation sites (N-methyl/N-ethyl adjacent to an activating group) is 1. The average molecular weight is 294 g/mol. The number of aromatic hydroxyl groups is 1. The lowest BCUT2D eigenvalue weighted by Gasteiger charge is -2.21. The fourth-order valence-corrected chi connectivity index (χ4v) is 1.85. The van der Waals surface area contributed by atoms with E-state index < -0.39 is 5.91 Å². The lowest BCUT2D eigenvalue weighted by atomic mass is 10.1. The van der Waals surface area contributed by atoms with Crippen LogP contribution in [0, 0.1) is 0 Å². The summed E-state index contributed by atoms with van der Waals surface area (Å²) in [6.07, 6.45) is 0. The molecule has 6 heteroatoms. The summed E-state index contributed by atoms with van der Waals surface area (Å²) in [5.41, 5.74) is 0.119. The molecule has 2 amide bonds. The SMILES string of the molecule is CCN(CC(=O)NC(C)C)C(=O)c1cc(OC)ccc1O. The number of carbonyl (C=O) groups is 2. The third-order valence-electron chi connectivity index (χ3n) is 2.89. The van der Waals surface area contributed by atoms with Crippen molar-refractivity contribution >= 4 is 11.8 Å². The average Bonchev–Trinajstić information content (AvgIpc) is 2.43. The number of methoxy groups -OCH3 is 1. The molecular formula is C15H22N2O4. The minimum absolute atomic E-state index is 0.0107. The zero-order chi connectivity index (χ0) is 16.0. The first kappa shape index (κ1) is 16.8. The van der Waals surface area contributed by atoms with E-state index >= 15 is 0 Å². The van der Waals surface area contributed by atoms with E-state index in [1.807, 2.05) is 13.8 Å². The second kappa shape index (κ2) is 7.52. The molecule has 1 aromatic carbocycles. The minimum atomic E-state index is -0.409. The molecule has 0 atom stereocenters. The molecule has 0 spiro atoms. The van der Waals surface area contributed by atoms with Crippen molar-refractivity contribution in [3.8, 4) is 11.5 Å². The van der Waals surface area contributed by atoms with Crippen LogP contribution in [0.1, 0.15) is 31.1 Å². The first-order valence-electron chi connectivity index (χ1n) is 6.84. The fourth-order valence-electron chi connectivity index (χ4n) is 1.85. The fraction of sp³-hybridized carbons (Fsp3) is 0.467. The van der Waals surface area contributed by atoms with E-state index in [0.29, 0.717) is 12.3 Å². The summed E-state index contributed by atoms with van der Waals surface area (Å²) in [6, 6.07) is 4.43. The number of phenolic OH excluding ortho intramolecular Hbond substituents is 1. The number of carbonyl (C=O) groups excluding carboxylic acids is 2. The number of ether oxygens (including phenoxy) is 1. The van der Waals surface area contributed by atoms with E-state index in [9.17, 15) is 14.7 Å². The standard InChI is InChI=1S/C15H22N2O4/c1-5-17(9-14(19)16-10(2)3)15(20)12-8-11(21-4)6-7-13(12)18/h6-8,10,18H,5,9H2,1-4H3,(H,16,19). The smallest absolute Gasteiger partial charge is 0.258 e. The molecule has 1 rings (SSSR count). The highest BCUT2D eigenvalue weighted by molar-refractivity contribution is 5.99. The highest BCUT2D eigenvalue weighted by atomic mass is 16.5. The molecule has 0 unspecified atom stereocenters. The van der Waals surface area contributed by atoms with Gasteiger partial charge in [0.1, 0.15) is 11.5 Å². The van der Waals surface area contributed by atoms with E-state index in [-0.39, 0.29) is 29.8 Å². The number of phenols is 1. The third-order valence-corrected chi connectivity index (χ3v) is 2.89. The number of nitrogens with one attached hydrogen (secondary N) is 1. The molecule has 1 aromatic rings. The van der Waals surface area contributed by atoms with Crippen LogP contribution in [-0.4, -0.2) is 48.1 Å². The van der Waals surface area contributed by atoms with Crippen LogP contribution in [0.2, 0.25) is 0 Å². The summed E-state index contributed by atoms with van der Waals surface area (Å²) < 4.78 is 5.05. The highest BCUT2D eigenvalue weighted by Gasteiger charge is 2.21. The van der Waals surface area contributed by atoms with Crippen LogP contribution in [0.25, 0.3) is 0 Å². The molecule has 0 aliphatic carbocycles. The summed E-state index contributed by atoms with van der Waals surface area (Å²) in [5, 5.41) is 12.6. The van der Waals surface area contributed by atoms with Crippen LogP contribution in [0.15, 0.2) is 18.2 Å². The quantitative estimate of drug-likeness (QED) is 0.831. The molecule has 0 fully saturated rings. The normalized spacial score (nSPS) is 10.3. The van der Waals surface area contributed by atoms with Gasteiger partial charge in [0.15, 0.2) is 0 Å². The molecule has 116 valence electrons. The Balaban J connectivity index is 2.90. The number of hydrogen-bond acceptors (Lipinski definition) is 4. The Kier molecular flexibility index (Phi) is 6.02. The van der Waals surface area contributed by atoms with Gasteiger partial charge in [-0.15, -0.1) is 0 Å². The molecule has 2 N–H and O–H groups in total. The molecule has 0 saturated carbocycles.